The van der Waals surface area contributed by atoms with Gasteiger partial charge in [0, 0.05) is 12.0 Å². The smallest absolute Gasteiger partial charge is 0.119 e. The van der Waals surface area contributed by atoms with E-state index in [0.717, 1.165) is 32.1 Å². The summed E-state index contributed by atoms with van der Waals surface area (Å²) in [5.41, 5.74) is 1.48. The standard InChI is InChI=1S/C13H19NO2/c1-13(8-15-9-13)10-16-12-5-3-11(4-6-12)7-14-2/h3-6,14H,7-10H2,1-2H3. The lowest BCUT2D eigenvalue weighted by molar-refractivity contribution is -0.120. The lowest BCUT2D eigenvalue weighted by Crippen LogP contribution is -2.44. The molecule has 0 amide bonds. The van der Waals surface area contributed by atoms with Gasteiger partial charge in [0.25, 0.3) is 0 Å². The summed E-state index contributed by atoms with van der Waals surface area (Å²) in [4.78, 5) is 0. The zero-order valence-corrected chi connectivity index (χ0v) is 9.95. The van der Waals surface area contributed by atoms with Crippen molar-refractivity contribution in [1.82, 2.24) is 5.32 Å². The molecule has 1 aliphatic rings. The first-order chi connectivity index (χ1) is 7.72. The maximum absolute atomic E-state index is 5.75. The van der Waals surface area contributed by atoms with Gasteiger partial charge in [0.05, 0.1) is 19.8 Å². The fraction of sp³-hybridized carbons (Fsp3) is 0.538. The van der Waals surface area contributed by atoms with E-state index in [2.05, 4.69) is 24.4 Å². The number of benzene rings is 1. The van der Waals surface area contributed by atoms with Gasteiger partial charge in [-0.15, -0.1) is 0 Å². The van der Waals surface area contributed by atoms with Crippen LogP contribution in [0.1, 0.15) is 12.5 Å². The van der Waals surface area contributed by atoms with Crippen molar-refractivity contribution in [1.29, 1.82) is 0 Å². The molecule has 0 aromatic heterocycles. The molecule has 1 aromatic carbocycles. The first-order valence-corrected chi connectivity index (χ1v) is 5.66. The van der Waals surface area contributed by atoms with Gasteiger partial charge >= 0.3 is 0 Å². The van der Waals surface area contributed by atoms with Gasteiger partial charge in [-0.2, -0.15) is 0 Å². The minimum absolute atomic E-state index is 0.212. The van der Waals surface area contributed by atoms with Crippen molar-refractivity contribution < 1.29 is 9.47 Å². The second-order valence-electron chi connectivity index (χ2n) is 4.77. The average Bonchev–Trinajstić information content (AvgIpc) is 2.26. The molecule has 0 bridgehead atoms. The highest BCUT2D eigenvalue weighted by Crippen LogP contribution is 2.27. The molecule has 88 valence electrons. The van der Waals surface area contributed by atoms with Crippen molar-refractivity contribution in [3.05, 3.63) is 29.8 Å². The van der Waals surface area contributed by atoms with Crippen molar-refractivity contribution in [2.45, 2.75) is 13.5 Å². The van der Waals surface area contributed by atoms with E-state index in [1.807, 2.05) is 19.2 Å². The SMILES string of the molecule is CNCc1ccc(OCC2(C)COC2)cc1. The third-order valence-electron chi connectivity index (χ3n) is 2.79. The second kappa shape index (κ2) is 4.85. The van der Waals surface area contributed by atoms with E-state index in [0.29, 0.717) is 0 Å². The maximum atomic E-state index is 5.75. The van der Waals surface area contributed by atoms with E-state index in [4.69, 9.17) is 9.47 Å². The Hall–Kier alpha value is -1.06. The molecule has 1 aromatic rings. The highest BCUT2D eigenvalue weighted by Gasteiger charge is 2.34. The summed E-state index contributed by atoms with van der Waals surface area (Å²) in [5, 5.41) is 3.12. The van der Waals surface area contributed by atoms with Crippen LogP contribution in [0.25, 0.3) is 0 Å². The molecular formula is C13H19NO2. The van der Waals surface area contributed by atoms with E-state index in [-0.39, 0.29) is 5.41 Å². The highest BCUT2D eigenvalue weighted by molar-refractivity contribution is 5.27. The zero-order valence-electron chi connectivity index (χ0n) is 9.95. The van der Waals surface area contributed by atoms with Gasteiger partial charge in [-0.05, 0) is 24.7 Å². The van der Waals surface area contributed by atoms with Crippen molar-refractivity contribution in [3.8, 4) is 5.75 Å². The number of hydrogen-bond acceptors (Lipinski definition) is 3. The molecule has 0 unspecified atom stereocenters. The van der Waals surface area contributed by atoms with Gasteiger partial charge in [0.1, 0.15) is 5.75 Å². The topological polar surface area (TPSA) is 30.5 Å². The Labute approximate surface area is 96.8 Å². The van der Waals surface area contributed by atoms with Crippen LogP contribution in [0.5, 0.6) is 5.75 Å². The number of ether oxygens (including phenoxy) is 2. The molecule has 1 N–H and O–H groups in total. The van der Waals surface area contributed by atoms with E-state index >= 15 is 0 Å². The minimum Gasteiger partial charge on any atom is -0.493 e. The average molecular weight is 221 g/mol. The largest absolute Gasteiger partial charge is 0.493 e. The van der Waals surface area contributed by atoms with Gasteiger partial charge < -0.3 is 14.8 Å². The van der Waals surface area contributed by atoms with Crippen molar-refractivity contribution in [3.63, 3.8) is 0 Å². The quantitative estimate of drug-likeness (QED) is 0.822. The van der Waals surface area contributed by atoms with Crippen LogP contribution in [0.15, 0.2) is 24.3 Å². The Morgan fingerprint density at radius 1 is 1.31 bits per heavy atom. The predicted octanol–water partition coefficient (Wildman–Crippen LogP) is 1.82. The number of hydrogen-bond donors (Lipinski definition) is 1. The first kappa shape index (κ1) is 11.4. The molecule has 1 heterocycles. The molecule has 16 heavy (non-hydrogen) atoms. The van der Waals surface area contributed by atoms with Crippen LogP contribution in [0, 0.1) is 5.41 Å². The summed E-state index contributed by atoms with van der Waals surface area (Å²) in [6, 6.07) is 8.22. The third-order valence-corrected chi connectivity index (χ3v) is 2.79. The van der Waals surface area contributed by atoms with Gasteiger partial charge in [0.2, 0.25) is 0 Å². The van der Waals surface area contributed by atoms with E-state index < -0.39 is 0 Å². The van der Waals surface area contributed by atoms with Crippen molar-refractivity contribution >= 4 is 0 Å². The van der Waals surface area contributed by atoms with E-state index in [1.165, 1.54) is 5.56 Å². The zero-order chi connectivity index (χ0) is 11.4. The highest BCUT2D eigenvalue weighted by atomic mass is 16.5. The summed E-state index contributed by atoms with van der Waals surface area (Å²) >= 11 is 0. The van der Waals surface area contributed by atoms with Crippen LogP contribution in [-0.4, -0.2) is 26.9 Å². The molecule has 0 aliphatic carbocycles. The summed E-state index contributed by atoms with van der Waals surface area (Å²) in [6.45, 7) is 5.44. The van der Waals surface area contributed by atoms with Crippen LogP contribution in [0.3, 0.4) is 0 Å². The molecule has 0 atom stereocenters. The molecule has 1 saturated heterocycles. The Morgan fingerprint density at radius 3 is 2.50 bits per heavy atom. The molecule has 3 nitrogen and oxygen atoms in total. The Bertz CT molecular complexity index is 330. The fourth-order valence-electron chi connectivity index (χ4n) is 1.70. The fourth-order valence-corrected chi connectivity index (χ4v) is 1.70. The van der Waals surface area contributed by atoms with Gasteiger partial charge in [-0.25, -0.2) is 0 Å². The monoisotopic (exact) mass is 221 g/mol. The van der Waals surface area contributed by atoms with Crippen molar-refractivity contribution in [2.75, 3.05) is 26.9 Å². The number of rotatable bonds is 5. The van der Waals surface area contributed by atoms with Gasteiger partial charge in [-0.1, -0.05) is 19.1 Å². The van der Waals surface area contributed by atoms with Crippen molar-refractivity contribution in [2.24, 2.45) is 5.41 Å². The Morgan fingerprint density at radius 2 is 2.00 bits per heavy atom. The minimum atomic E-state index is 0.212. The summed E-state index contributed by atoms with van der Waals surface area (Å²) in [5.74, 6) is 0.938. The molecule has 0 saturated carbocycles. The second-order valence-corrected chi connectivity index (χ2v) is 4.77. The molecule has 0 spiro atoms. The summed E-state index contributed by atoms with van der Waals surface area (Å²) in [7, 11) is 1.95. The summed E-state index contributed by atoms with van der Waals surface area (Å²) in [6.07, 6.45) is 0. The molecule has 1 fully saturated rings. The van der Waals surface area contributed by atoms with Gasteiger partial charge in [0.15, 0.2) is 0 Å². The van der Waals surface area contributed by atoms with E-state index in [1.54, 1.807) is 0 Å². The molecule has 2 rings (SSSR count). The van der Waals surface area contributed by atoms with Crippen LogP contribution < -0.4 is 10.1 Å². The Balaban J connectivity index is 1.85. The van der Waals surface area contributed by atoms with Crippen LogP contribution in [0.4, 0.5) is 0 Å². The molecular weight excluding hydrogens is 202 g/mol. The predicted molar refractivity (Wildman–Crippen MR) is 63.6 cm³/mol. The van der Waals surface area contributed by atoms with E-state index in [9.17, 15) is 0 Å². The molecule has 3 heteroatoms. The normalized spacial score (nSPS) is 17.9. The molecule has 1 aliphatic heterocycles. The Kier molecular flexibility index (Phi) is 3.46. The summed E-state index contributed by atoms with van der Waals surface area (Å²) < 4.78 is 10.9. The third kappa shape index (κ3) is 2.74. The molecule has 0 radical (unpaired) electrons. The first-order valence-electron chi connectivity index (χ1n) is 5.66. The lowest BCUT2D eigenvalue weighted by Gasteiger charge is -2.37. The lowest BCUT2D eigenvalue weighted by atomic mass is 9.90. The van der Waals surface area contributed by atoms with Gasteiger partial charge in [-0.3, -0.25) is 0 Å². The number of nitrogens with one attached hydrogen (secondary N) is 1. The van der Waals surface area contributed by atoms with Crippen LogP contribution in [0.2, 0.25) is 0 Å². The maximum Gasteiger partial charge on any atom is 0.119 e. The van der Waals surface area contributed by atoms with Crippen LogP contribution >= 0.6 is 0 Å². The van der Waals surface area contributed by atoms with Crippen LogP contribution in [-0.2, 0) is 11.3 Å².